The van der Waals surface area contributed by atoms with Crippen LogP contribution >= 0.6 is 11.3 Å². The highest BCUT2D eigenvalue weighted by atomic mass is 32.1. The number of hydrogen-bond acceptors (Lipinski definition) is 5. The summed E-state index contributed by atoms with van der Waals surface area (Å²) in [5.41, 5.74) is 4.83. The highest BCUT2D eigenvalue weighted by Gasteiger charge is 2.22. The number of hydrogen-bond donors (Lipinski definition) is 0. The minimum atomic E-state index is -0.0706. The van der Waals surface area contributed by atoms with Crippen molar-refractivity contribution in [2.75, 3.05) is 7.05 Å². The van der Waals surface area contributed by atoms with Gasteiger partial charge in [0.2, 0.25) is 0 Å². The first-order valence-electron chi connectivity index (χ1n) is 10.2. The van der Waals surface area contributed by atoms with E-state index in [0.29, 0.717) is 17.8 Å². The minimum absolute atomic E-state index is 0.0706. The summed E-state index contributed by atoms with van der Waals surface area (Å²) in [6.45, 7) is 2.36. The number of carbonyl (C=O) groups excluding carboxylic acids is 1. The van der Waals surface area contributed by atoms with Crippen molar-refractivity contribution in [3.63, 3.8) is 0 Å². The first-order chi connectivity index (χ1) is 15.5. The van der Waals surface area contributed by atoms with E-state index in [-0.39, 0.29) is 5.91 Å². The van der Waals surface area contributed by atoms with Gasteiger partial charge in [-0.2, -0.15) is 10.2 Å². The van der Waals surface area contributed by atoms with E-state index in [1.54, 1.807) is 27.1 Å². The molecule has 0 spiro atoms. The topological polar surface area (TPSA) is 68.8 Å². The molecule has 32 heavy (non-hydrogen) atoms. The van der Waals surface area contributed by atoms with Gasteiger partial charge in [-0.3, -0.25) is 9.48 Å². The molecule has 0 aliphatic rings. The molecule has 5 aromatic rings. The van der Waals surface area contributed by atoms with Crippen molar-refractivity contribution in [1.82, 2.24) is 29.4 Å². The number of fused-ring (bicyclic) bond motifs is 1. The molecule has 0 fully saturated rings. The Balaban J connectivity index is 1.48. The zero-order chi connectivity index (χ0) is 22.2. The summed E-state index contributed by atoms with van der Waals surface area (Å²) in [4.78, 5) is 21.1. The maximum atomic E-state index is 13.6. The summed E-state index contributed by atoms with van der Waals surface area (Å²) in [7, 11) is 3.67. The fraction of sp³-hybridized carbons (Fsp3) is 0.167. The van der Waals surface area contributed by atoms with E-state index in [4.69, 9.17) is 4.98 Å². The highest BCUT2D eigenvalue weighted by Crippen LogP contribution is 2.30. The SMILES string of the molecule is Cc1nn(C)c2nc(-c3cccs3)cc(C(=O)N(C)Cc3cnn(-c4ccccc4)c3)c12. The molecule has 8 heteroatoms. The molecule has 1 aromatic carbocycles. The summed E-state index contributed by atoms with van der Waals surface area (Å²) >= 11 is 1.60. The maximum absolute atomic E-state index is 13.6. The van der Waals surface area contributed by atoms with Gasteiger partial charge in [-0.05, 0) is 36.6 Å². The molecule has 1 amide bonds. The van der Waals surface area contributed by atoms with Crippen LogP contribution in [0.2, 0.25) is 0 Å². The van der Waals surface area contributed by atoms with Crippen LogP contribution in [0.25, 0.3) is 27.3 Å². The number of benzene rings is 1. The van der Waals surface area contributed by atoms with Crippen LogP contribution in [0.3, 0.4) is 0 Å². The Hall–Kier alpha value is -3.78. The molecule has 0 aliphatic carbocycles. The van der Waals surface area contributed by atoms with E-state index in [0.717, 1.165) is 32.9 Å². The number of carbonyl (C=O) groups is 1. The van der Waals surface area contributed by atoms with Gasteiger partial charge in [-0.1, -0.05) is 24.3 Å². The predicted molar refractivity (Wildman–Crippen MR) is 126 cm³/mol. The van der Waals surface area contributed by atoms with Crippen LogP contribution in [0.4, 0.5) is 0 Å². The van der Waals surface area contributed by atoms with Crippen molar-refractivity contribution >= 4 is 28.3 Å². The van der Waals surface area contributed by atoms with Crippen molar-refractivity contribution in [2.45, 2.75) is 13.5 Å². The lowest BCUT2D eigenvalue weighted by molar-refractivity contribution is 0.0787. The lowest BCUT2D eigenvalue weighted by Crippen LogP contribution is -2.26. The third kappa shape index (κ3) is 3.58. The lowest BCUT2D eigenvalue weighted by atomic mass is 10.1. The van der Waals surface area contributed by atoms with Gasteiger partial charge in [0.1, 0.15) is 0 Å². The molecule has 0 unspecified atom stereocenters. The Morgan fingerprint density at radius 1 is 1.16 bits per heavy atom. The first kappa shape index (κ1) is 20.1. The van der Waals surface area contributed by atoms with Gasteiger partial charge in [-0.15, -0.1) is 11.3 Å². The van der Waals surface area contributed by atoms with Crippen molar-refractivity contribution in [3.05, 3.63) is 83.1 Å². The van der Waals surface area contributed by atoms with Gasteiger partial charge in [0.25, 0.3) is 5.91 Å². The summed E-state index contributed by atoms with van der Waals surface area (Å²) in [5, 5.41) is 11.8. The van der Waals surface area contributed by atoms with Crippen molar-refractivity contribution in [1.29, 1.82) is 0 Å². The smallest absolute Gasteiger partial charge is 0.254 e. The highest BCUT2D eigenvalue weighted by molar-refractivity contribution is 7.13. The molecule has 0 N–H and O–H groups in total. The number of pyridine rings is 1. The lowest BCUT2D eigenvalue weighted by Gasteiger charge is -2.17. The quantitative estimate of drug-likeness (QED) is 0.403. The molecular weight excluding hydrogens is 420 g/mol. The average molecular weight is 443 g/mol. The fourth-order valence-corrected chi connectivity index (χ4v) is 4.57. The van der Waals surface area contributed by atoms with Gasteiger partial charge in [0.05, 0.1) is 39.1 Å². The van der Waals surface area contributed by atoms with E-state index >= 15 is 0 Å². The summed E-state index contributed by atoms with van der Waals surface area (Å²) in [6, 6.07) is 15.8. The Morgan fingerprint density at radius 2 is 1.97 bits per heavy atom. The second-order valence-corrected chi connectivity index (χ2v) is 8.68. The van der Waals surface area contributed by atoms with Crippen molar-refractivity contribution in [3.8, 4) is 16.3 Å². The van der Waals surface area contributed by atoms with Crippen LogP contribution in [-0.4, -0.2) is 42.4 Å². The summed E-state index contributed by atoms with van der Waals surface area (Å²) in [6.07, 6.45) is 3.75. The maximum Gasteiger partial charge on any atom is 0.254 e. The van der Waals surface area contributed by atoms with Crippen LogP contribution in [0.1, 0.15) is 21.6 Å². The van der Waals surface area contributed by atoms with Crippen LogP contribution in [0.5, 0.6) is 0 Å². The van der Waals surface area contributed by atoms with Crippen LogP contribution in [0, 0.1) is 6.92 Å². The number of amides is 1. The summed E-state index contributed by atoms with van der Waals surface area (Å²) < 4.78 is 3.56. The number of aryl methyl sites for hydroxylation is 2. The molecule has 0 saturated heterocycles. The Morgan fingerprint density at radius 3 is 2.72 bits per heavy atom. The van der Waals surface area contributed by atoms with Crippen LogP contribution in [0.15, 0.2) is 66.3 Å². The first-order valence-corrected chi connectivity index (χ1v) is 11.1. The van der Waals surface area contributed by atoms with Crippen LogP contribution in [-0.2, 0) is 13.6 Å². The molecule has 7 nitrogen and oxygen atoms in total. The standard InChI is InChI=1S/C24H22N6OS/c1-16-22-19(12-20(21-10-7-11-32-21)26-23(22)29(3)27-16)24(31)28(2)14-17-13-25-30(15-17)18-8-5-4-6-9-18/h4-13,15H,14H2,1-3H3. The third-order valence-electron chi connectivity index (χ3n) is 5.40. The van der Waals surface area contributed by atoms with Gasteiger partial charge in [-0.25, -0.2) is 9.67 Å². The molecule has 4 heterocycles. The third-order valence-corrected chi connectivity index (χ3v) is 6.29. The van der Waals surface area contributed by atoms with E-state index in [1.165, 1.54) is 0 Å². The molecule has 0 radical (unpaired) electrons. The van der Waals surface area contributed by atoms with E-state index in [2.05, 4.69) is 10.2 Å². The van der Waals surface area contributed by atoms with E-state index < -0.39 is 0 Å². The number of aromatic nitrogens is 5. The Labute approximate surface area is 189 Å². The number of thiophene rings is 1. The van der Waals surface area contributed by atoms with Crippen LogP contribution < -0.4 is 0 Å². The Kier molecular flexibility index (Phi) is 5.07. The molecule has 160 valence electrons. The largest absolute Gasteiger partial charge is 0.337 e. The normalized spacial score (nSPS) is 11.2. The second kappa shape index (κ2) is 8.05. The zero-order valence-electron chi connectivity index (χ0n) is 18.1. The summed E-state index contributed by atoms with van der Waals surface area (Å²) in [5.74, 6) is -0.0706. The number of rotatable bonds is 5. The zero-order valence-corrected chi connectivity index (χ0v) is 18.9. The van der Waals surface area contributed by atoms with E-state index in [1.807, 2.05) is 85.8 Å². The number of nitrogens with zero attached hydrogens (tertiary/aromatic N) is 6. The van der Waals surface area contributed by atoms with Crippen molar-refractivity contribution in [2.24, 2.45) is 7.05 Å². The predicted octanol–water partition coefficient (Wildman–Crippen LogP) is 4.46. The van der Waals surface area contributed by atoms with E-state index in [9.17, 15) is 4.79 Å². The number of para-hydroxylation sites is 1. The van der Waals surface area contributed by atoms with Gasteiger partial charge >= 0.3 is 0 Å². The average Bonchev–Trinajstić information content (AvgIpc) is 3.55. The van der Waals surface area contributed by atoms with Crippen molar-refractivity contribution < 1.29 is 4.79 Å². The monoisotopic (exact) mass is 442 g/mol. The molecule has 5 rings (SSSR count). The molecule has 0 bridgehead atoms. The molecule has 0 atom stereocenters. The Bertz CT molecular complexity index is 1400. The molecule has 4 aromatic heterocycles. The molecular formula is C24H22N6OS. The van der Waals surface area contributed by atoms with Gasteiger partial charge in [0, 0.05) is 32.4 Å². The van der Waals surface area contributed by atoms with Gasteiger partial charge < -0.3 is 4.90 Å². The molecule has 0 aliphatic heterocycles. The fourth-order valence-electron chi connectivity index (χ4n) is 3.88. The molecule has 0 saturated carbocycles. The van der Waals surface area contributed by atoms with Gasteiger partial charge in [0.15, 0.2) is 5.65 Å². The second-order valence-electron chi connectivity index (χ2n) is 7.73. The minimum Gasteiger partial charge on any atom is -0.337 e.